The molecule has 5 nitrogen and oxygen atoms in total. The maximum atomic E-state index is 13.1. The summed E-state index contributed by atoms with van der Waals surface area (Å²) in [7, 11) is 0. The number of halogens is 1. The zero-order chi connectivity index (χ0) is 22.9. The first kappa shape index (κ1) is 22.4. The van der Waals surface area contributed by atoms with Crippen molar-refractivity contribution in [3.05, 3.63) is 76.9 Å². The van der Waals surface area contributed by atoms with E-state index in [4.69, 9.17) is 0 Å². The van der Waals surface area contributed by atoms with Gasteiger partial charge in [-0.3, -0.25) is 4.79 Å². The van der Waals surface area contributed by atoms with Crippen molar-refractivity contribution in [2.75, 3.05) is 24.5 Å². The molecule has 2 aromatic carbocycles. The molecule has 1 unspecified atom stereocenters. The van der Waals surface area contributed by atoms with Gasteiger partial charge >= 0.3 is 0 Å². The van der Waals surface area contributed by atoms with E-state index in [9.17, 15) is 9.18 Å². The average molecular weight is 453 g/mol. The molecule has 1 aliphatic rings. The number of amides is 1. The molecule has 1 atom stereocenters. The monoisotopic (exact) mass is 452 g/mol. The Balaban J connectivity index is 1.38. The second-order valence-corrected chi connectivity index (χ2v) is 10.1. The lowest BCUT2D eigenvalue weighted by Crippen LogP contribution is -2.54. The van der Waals surface area contributed by atoms with Crippen LogP contribution in [0.5, 0.6) is 0 Å². The molecule has 3 aromatic rings. The summed E-state index contributed by atoms with van der Waals surface area (Å²) < 4.78 is 17.6. The number of carbonyl (C=O) groups is 1. The van der Waals surface area contributed by atoms with E-state index in [0.717, 1.165) is 35.2 Å². The van der Waals surface area contributed by atoms with E-state index in [1.807, 2.05) is 17.0 Å². The molecule has 0 spiro atoms. The normalized spacial score (nSPS) is 17.0. The molecule has 4 rings (SSSR count). The number of hydrogen-bond donors (Lipinski definition) is 0. The van der Waals surface area contributed by atoms with Crippen LogP contribution in [0.3, 0.4) is 0 Å². The van der Waals surface area contributed by atoms with Crippen LogP contribution in [0.15, 0.2) is 48.5 Å². The molecular weight excluding hydrogens is 423 g/mol. The van der Waals surface area contributed by atoms with E-state index in [1.54, 1.807) is 12.1 Å². The van der Waals surface area contributed by atoms with Gasteiger partial charge in [-0.1, -0.05) is 45.0 Å². The molecule has 0 aliphatic carbocycles. The molecule has 1 amide bonds. The van der Waals surface area contributed by atoms with Gasteiger partial charge in [0, 0.05) is 49.2 Å². The number of aromatic nitrogens is 2. The highest BCUT2D eigenvalue weighted by atomic mass is 32.1. The summed E-state index contributed by atoms with van der Waals surface area (Å²) in [4.78, 5) is 21.9. The van der Waals surface area contributed by atoms with E-state index < -0.39 is 0 Å². The van der Waals surface area contributed by atoms with Gasteiger partial charge in [-0.25, -0.2) is 9.37 Å². The summed E-state index contributed by atoms with van der Waals surface area (Å²) >= 11 is 1.38. The minimum absolute atomic E-state index is 0.0673. The summed E-state index contributed by atoms with van der Waals surface area (Å²) in [6.07, 6.45) is 0.579. The molecule has 1 aliphatic heterocycles. The van der Waals surface area contributed by atoms with Crippen LogP contribution in [0.25, 0.3) is 0 Å². The van der Waals surface area contributed by atoms with Gasteiger partial charge in [0.1, 0.15) is 11.6 Å². The van der Waals surface area contributed by atoms with Gasteiger partial charge < -0.3 is 9.80 Å². The number of anilines is 1. The first-order valence-electron chi connectivity index (χ1n) is 10.9. The van der Waals surface area contributed by atoms with Crippen LogP contribution in [-0.2, 0) is 11.8 Å². The zero-order valence-corrected chi connectivity index (χ0v) is 19.8. The topological polar surface area (TPSA) is 49.3 Å². The smallest absolute Gasteiger partial charge is 0.254 e. The highest BCUT2D eigenvalue weighted by Crippen LogP contribution is 2.25. The summed E-state index contributed by atoms with van der Waals surface area (Å²) in [5, 5.41) is 0.871. The van der Waals surface area contributed by atoms with Crippen molar-refractivity contribution in [3.8, 4) is 0 Å². The molecular formula is C25H29FN4OS. The van der Waals surface area contributed by atoms with Crippen LogP contribution >= 0.6 is 11.5 Å². The molecule has 1 aromatic heterocycles. The Kier molecular flexibility index (Phi) is 6.29. The number of piperazine rings is 1. The first-order chi connectivity index (χ1) is 15.2. The summed E-state index contributed by atoms with van der Waals surface area (Å²) in [5.41, 5.74) is 3.00. The quantitative estimate of drug-likeness (QED) is 0.564. The highest BCUT2D eigenvalue weighted by molar-refractivity contribution is 7.09. The van der Waals surface area contributed by atoms with Gasteiger partial charge in [0.2, 0.25) is 5.13 Å². The maximum absolute atomic E-state index is 13.1. The molecule has 1 fully saturated rings. The van der Waals surface area contributed by atoms with Crippen molar-refractivity contribution in [2.45, 2.75) is 45.6 Å². The van der Waals surface area contributed by atoms with Crippen LogP contribution < -0.4 is 4.90 Å². The van der Waals surface area contributed by atoms with E-state index in [0.29, 0.717) is 13.0 Å². The number of nitrogens with zero attached hydrogens (tertiary/aromatic N) is 4. The van der Waals surface area contributed by atoms with E-state index >= 15 is 0 Å². The standard InChI is InChI=1S/C25H29FN4OS/c1-17-16-29(24-27-22(28-32-24)15-18-5-11-21(26)12-6-18)13-14-30(17)23(31)19-7-9-20(10-8-19)25(2,3)4/h5-12,17H,13-16H2,1-4H3. The molecule has 0 radical (unpaired) electrons. The lowest BCUT2D eigenvalue weighted by molar-refractivity contribution is 0.0674. The highest BCUT2D eigenvalue weighted by Gasteiger charge is 2.29. The molecule has 1 saturated heterocycles. The van der Waals surface area contributed by atoms with Crippen LogP contribution in [-0.4, -0.2) is 45.8 Å². The van der Waals surface area contributed by atoms with Crippen molar-refractivity contribution in [3.63, 3.8) is 0 Å². The van der Waals surface area contributed by atoms with E-state index in [1.165, 1.54) is 29.2 Å². The van der Waals surface area contributed by atoms with Crippen LogP contribution in [0.1, 0.15) is 55.0 Å². The molecule has 0 bridgehead atoms. The second kappa shape index (κ2) is 8.98. The average Bonchev–Trinajstić information content (AvgIpc) is 3.23. The maximum Gasteiger partial charge on any atom is 0.254 e. The van der Waals surface area contributed by atoms with Crippen molar-refractivity contribution in [1.82, 2.24) is 14.3 Å². The Morgan fingerprint density at radius 2 is 1.78 bits per heavy atom. The van der Waals surface area contributed by atoms with Gasteiger partial charge in [0.05, 0.1) is 0 Å². The molecule has 168 valence electrons. The van der Waals surface area contributed by atoms with Crippen LogP contribution in [0, 0.1) is 5.82 Å². The molecule has 7 heteroatoms. The van der Waals surface area contributed by atoms with E-state index in [-0.39, 0.29) is 23.2 Å². The third kappa shape index (κ3) is 4.99. The zero-order valence-electron chi connectivity index (χ0n) is 19.0. The number of hydrogen-bond acceptors (Lipinski definition) is 5. The fraction of sp³-hybridized carbons (Fsp3) is 0.400. The molecule has 0 saturated carbocycles. The Bertz CT molecular complexity index is 1070. The van der Waals surface area contributed by atoms with Crippen LogP contribution in [0.2, 0.25) is 0 Å². The molecule has 2 heterocycles. The molecule has 0 N–H and O–H groups in total. The van der Waals surface area contributed by atoms with Crippen molar-refractivity contribution >= 4 is 22.6 Å². The fourth-order valence-electron chi connectivity index (χ4n) is 3.94. The minimum atomic E-state index is -0.243. The Hall–Kier alpha value is -2.80. The summed E-state index contributed by atoms with van der Waals surface area (Å²) in [6, 6.07) is 14.5. The van der Waals surface area contributed by atoms with Gasteiger partial charge in [0.15, 0.2) is 0 Å². The predicted molar refractivity (Wildman–Crippen MR) is 127 cm³/mol. The largest absolute Gasteiger partial charge is 0.343 e. The fourth-order valence-corrected chi connectivity index (χ4v) is 4.66. The third-order valence-corrected chi connectivity index (χ3v) is 6.70. The summed E-state index contributed by atoms with van der Waals surface area (Å²) in [5.74, 6) is 0.570. The Morgan fingerprint density at radius 3 is 2.41 bits per heavy atom. The molecule has 32 heavy (non-hydrogen) atoms. The first-order valence-corrected chi connectivity index (χ1v) is 11.7. The van der Waals surface area contributed by atoms with Crippen molar-refractivity contribution in [1.29, 1.82) is 0 Å². The predicted octanol–water partition coefficient (Wildman–Crippen LogP) is 4.92. The van der Waals surface area contributed by atoms with Crippen LogP contribution in [0.4, 0.5) is 9.52 Å². The number of benzene rings is 2. The lowest BCUT2D eigenvalue weighted by atomic mass is 9.86. The van der Waals surface area contributed by atoms with Crippen molar-refractivity contribution < 1.29 is 9.18 Å². The van der Waals surface area contributed by atoms with Gasteiger partial charge in [-0.2, -0.15) is 4.37 Å². The lowest BCUT2D eigenvalue weighted by Gasteiger charge is -2.39. The van der Waals surface area contributed by atoms with Gasteiger partial charge in [0.25, 0.3) is 5.91 Å². The second-order valence-electron chi connectivity index (χ2n) is 9.42. The SMILES string of the molecule is CC1CN(c2nc(Cc3ccc(F)cc3)ns2)CCN1C(=O)c1ccc(C(C)(C)C)cc1. The summed E-state index contributed by atoms with van der Waals surface area (Å²) in [6.45, 7) is 10.7. The number of rotatable bonds is 4. The third-order valence-electron chi connectivity index (χ3n) is 5.89. The van der Waals surface area contributed by atoms with Crippen molar-refractivity contribution in [2.24, 2.45) is 0 Å². The van der Waals surface area contributed by atoms with Gasteiger partial charge in [-0.15, -0.1) is 0 Å². The van der Waals surface area contributed by atoms with Gasteiger partial charge in [-0.05, 0) is 47.7 Å². The Labute approximate surface area is 193 Å². The minimum Gasteiger partial charge on any atom is -0.343 e. The Morgan fingerprint density at radius 1 is 1.09 bits per heavy atom. The number of carbonyl (C=O) groups excluding carboxylic acids is 1. The van der Waals surface area contributed by atoms with E-state index in [2.05, 4.69) is 54.1 Å².